The number of rotatable bonds is 6. The Balaban J connectivity index is 0.00000264. The predicted octanol–water partition coefficient (Wildman–Crippen LogP) is 1.89. The second-order valence-corrected chi connectivity index (χ2v) is 5.60. The molecule has 0 saturated carbocycles. The van der Waals surface area contributed by atoms with E-state index < -0.39 is 4.92 Å². The van der Waals surface area contributed by atoms with Crippen LogP contribution in [0.4, 0.5) is 11.4 Å². The van der Waals surface area contributed by atoms with E-state index >= 15 is 0 Å². The molecule has 1 saturated heterocycles. The van der Waals surface area contributed by atoms with E-state index in [1.807, 2.05) is 7.05 Å². The van der Waals surface area contributed by atoms with E-state index in [0.29, 0.717) is 5.92 Å². The summed E-state index contributed by atoms with van der Waals surface area (Å²) in [6, 6.07) is 6.19. The Morgan fingerprint density at radius 3 is 2.61 bits per heavy atom. The van der Waals surface area contributed by atoms with Gasteiger partial charge in [0.15, 0.2) is 0 Å². The van der Waals surface area contributed by atoms with Crippen molar-refractivity contribution in [3.63, 3.8) is 0 Å². The zero-order valence-electron chi connectivity index (χ0n) is 13.2. The Labute approximate surface area is 142 Å². The summed E-state index contributed by atoms with van der Waals surface area (Å²) in [5.41, 5.74) is 0.172. The van der Waals surface area contributed by atoms with Gasteiger partial charge in [-0.25, -0.2) is 0 Å². The maximum Gasteiger partial charge on any atom is 0.292 e. The van der Waals surface area contributed by atoms with E-state index in [1.54, 1.807) is 18.2 Å². The first-order valence-corrected chi connectivity index (χ1v) is 7.50. The zero-order valence-corrected chi connectivity index (χ0v) is 14.0. The number of likely N-dealkylation sites (tertiary alicyclic amines) is 1. The topological polar surface area (TPSA) is 87.5 Å². The number of halogens is 1. The van der Waals surface area contributed by atoms with Gasteiger partial charge in [-0.3, -0.25) is 19.8 Å². The van der Waals surface area contributed by atoms with E-state index in [2.05, 4.69) is 15.5 Å². The van der Waals surface area contributed by atoms with Crippen LogP contribution in [0, 0.1) is 16.0 Å². The zero-order chi connectivity index (χ0) is 15.9. The molecule has 1 aromatic rings. The molecule has 0 aliphatic carbocycles. The van der Waals surface area contributed by atoms with Crippen LogP contribution < -0.4 is 10.6 Å². The third-order valence-electron chi connectivity index (χ3n) is 3.94. The highest BCUT2D eigenvalue weighted by Gasteiger charge is 2.21. The van der Waals surface area contributed by atoms with Crippen LogP contribution in [0.1, 0.15) is 12.8 Å². The number of hydrogen-bond donors (Lipinski definition) is 2. The number of piperidine rings is 1. The Hall–Kier alpha value is -1.70. The third-order valence-corrected chi connectivity index (χ3v) is 3.94. The fourth-order valence-corrected chi connectivity index (χ4v) is 2.77. The van der Waals surface area contributed by atoms with Gasteiger partial charge in [0.1, 0.15) is 5.69 Å². The summed E-state index contributed by atoms with van der Waals surface area (Å²) in [4.78, 5) is 24.6. The minimum absolute atomic E-state index is 0. The second-order valence-electron chi connectivity index (χ2n) is 5.60. The van der Waals surface area contributed by atoms with Crippen LogP contribution >= 0.6 is 12.4 Å². The van der Waals surface area contributed by atoms with E-state index in [1.165, 1.54) is 6.07 Å². The van der Waals surface area contributed by atoms with Gasteiger partial charge in [-0.05, 0) is 51.5 Å². The average molecular weight is 343 g/mol. The molecule has 0 aromatic heterocycles. The maximum atomic E-state index is 12.1. The minimum Gasteiger partial charge on any atom is -0.319 e. The molecule has 1 aromatic carbocycles. The monoisotopic (exact) mass is 342 g/mol. The van der Waals surface area contributed by atoms with Gasteiger partial charge in [-0.15, -0.1) is 12.4 Å². The van der Waals surface area contributed by atoms with Gasteiger partial charge in [0.25, 0.3) is 5.69 Å². The second kappa shape index (κ2) is 9.44. The van der Waals surface area contributed by atoms with Crippen LogP contribution in [-0.2, 0) is 4.79 Å². The summed E-state index contributed by atoms with van der Waals surface area (Å²) >= 11 is 0. The Kier molecular flexibility index (Phi) is 7.94. The van der Waals surface area contributed by atoms with Gasteiger partial charge < -0.3 is 10.6 Å². The molecule has 1 aliphatic heterocycles. The molecular weight excluding hydrogens is 320 g/mol. The Morgan fingerprint density at radius 1 is 1.35 bits per heavy atom. The third kappa shape index (κ3) is 5.78. The van der Waals surface area contributed by atoms with E-state index in [4.69, 9.17) is 0 Å². The van der Waals surface area contributed by atoms with Crippen LogP contribution in [0.5, 0.6) is 0 Å². The number of amides is 1. The number of benzene rings is 1. The highest BCUT2D eigenvalue weighted by Crippen LogP contribution is 2.23. The van der Waals surface area contributed by atoms with Gasteiger partial charge in [0.05, 0.1) is 11.5 Å². The molecule has 0 radical (unpaired) electrons. The number of carbonyl (C=O) groups is 1. The lowest BCUT2D eigenvalue weighted by Gasteiger charge is -2.31. The lowest BCUT2D eigenvalue weighted by atomic mass is 9.97. The van der Waals surface area contributed by atoms with Crippen LogP contribution in [0.15, 0.2) is 24.3 Å². The quantitative estimate of drug-likeness (QED) is 0.609. The van der Waals surface area contributed by atoms with Crippen LogP contribution in [0.3, 0.4) is 0 Å². The molecule has 1 amide bonds. The molecule has 0 unspecified atom stereocenters. The number of nitro groups is 1. The van der Waals surface area contributed by atoms with Crippen LogP contribution in [0.2, 0.25) is 0 Å². The normalized spacial score (nSPS) is 15.7. The lowest BCUT2D eigenvalue weighted by Crippen LogP contribution is -2.40. The molecule has 7 nitrogen and oxygen atoms in total. The first kappa shape index (κ1) is 19.3. The van der Waals surface area contributed by atoms with Crippen molar-refractivity contribution in [2.45, 2.75) is 12.8 Å². The molecular formula is C15H23ClN4O3. The highest BCUT2D eigenvalue weighted by molar-refractivity contribution is 5.94. The fraction of sp³-hybridized carbons (Fsp3) is 0.533. The molecule has 1 heterocycles. The first-order chi connectivity index (χ1) is 10.6. The van der Waals surface area contributed by atoms with Crippen molar-refractivity contribution < 1.29 is 9.72 Å². The number of hydrogen-bond acceptors (Lipinski definition) is 5. The summed E-state index contributed by atoms with van der Waals surface area (Å²) in [5, 5.41) is 16.8. The maximum absolute atomic E-state index is 12.1. The van der Waals surface area contributed by atoms with Gasteiger partial charge in [-0.1, -0.05) is 12.1 Å². The lowest BCUT2D eigenvalue weighted by molar-refractivity contribution is -0.383. The number of nitro benzene ring substituents is 1. The molecule has 1 aliphatic rings. The Morgan fingerprint density at radius 2 is 2.00 bits per heavy atom. The number of nitrogens with zero attached hydrogens (tertiary/aromatic N) is 2. The summed E-state index contributed by atoms with van der Waals surface area (Å²) in [6.07, 6.45) is 2.14. The van der Waals surface area contributed by atoms with Gasteiger partial charge in [0.2, 0.25) is 5.91 Å². The largest absolute Gasteiger partial charge is 0.319 e. The fourth-order valence-electron chi connectivity index (χ4n) is 2.77. The van der Waals surface area contributed by atoms with E-state index in [9.17, 15) is 14.9 Å². The molecule has 1 fully saturated rings. The molecule has 8 heteroatoms. The molecule has 128 valence electrons. The highest BCUT2D eigenvalue weighted by atomic mass is 35.5. The van der Waals surface area contributed by atoms with Crippen molar-refractivity contribution in [1.29, 1.82) is 0 Å². The number of para-hydroxylation sites is 2. The van der Waals surface area contributed by atoms with Gasteiger partial charge >= 0.3 is 0 Å². The number of carbonyl (C=O) groups excluding carboxylic acids is 1. The van der Waals surface area contributed by atoms with Crippen molar-refractivity contribution in [1.82, 2.24) is 10.2 Å². The molecule has 2 N–H and O–H groups in total. The summed E-state index contributed by atoms with van der Waals surface area (Å²) in [6.45, 7) is 3.06. The standard InChI is InChI=1S/C15H22N4O3.ClH/c1-16-10-12-6-8-18(9-7-12)11-15(20)17-13-4-2-3-5-14(13)19(21)22;/h2-5,12,16H,6-11H2,1H3,(H,17,20);1H. The van der Waals surface area contributed by atoms with Gasteiger partial charge in [-0.2, -0.15) is 0 Å². The van der Waals surface area contributed by atoms with E-state index in [0.717, 1.165) is 32.5 Å². The van der Waals surface area contributed by atoms with Crippen molar-refractivity contribution in [3.8, 4) is 0 Å². The van der Waals surface area contributed by atoms with Crippen molar-refractivity contribution >= 4 is 29.7 Å². The molecule has 0 spiro atoms. The molecule has 0 atom stereocenters. The molecule has 2 rings (SSSR count). The number of nitrogens with one attached hydrogen (secondary N) is 2. The molecule has 23 heavy (non-hydrogen) atoms. The summed E-state index contributed by atoms with van der Waals surface area (Å²) < 4.78 is 0. The SMILES string of the molecule is CNCC1CCN(CC(=O)Nc2ccccc2[N+](=O)[O-])CC1.Cl. The first-order valence-electron chi connectivity index (χ1n) is 7.50. The van der Waals surface area contributed by atoms with Crippen molar-refractivity contribution in [2.24, 2.45) is 5.92 Å². The summed E-state index contributed by atoms with van der Waals surface area (Å²) in [7, 11) is 1.95. The van der Waals surface area contributed by atoms with Crippen molar-refractivity contribution in [2.75, 3.05) is 38.5 Å². The van der Waals surface area contributed by atoms with Gasteiger partial charge in [0, 0.05) is 6.07 Å². The van der Waals surface area contributed by atoms with Crippen molar-refractivity contribution in [3.05, 3.63) is 34.4 Å². The van der Waals surface area contributed by atoms with Crippen LogP contribution in [0.25, 0.3) is 0 Å². The van der Waals surface area contributed by atoms with Crippen LogP contribution in [-0.4, -0.2) is 49.0 Å². The average Bonchev–Trinajstić information content (AvgIpc) is 2.50. The summed E-state index contributed by atoms with van der Waals surface area (Å²) in [5.74, 6) is 0.459. The minimum atomic E-state index is -0.487. The van der Waals surface area contributed by atoms with E-state index in [-0.39, 0.29) is 36.2 Å². The number of anilines is 1. The Bertz CT molecular complexity index is 533. The smallest absolute Gasteiger partial charge is 0.292 e. The predicted molar refractivity (Wildman–Crippen MR) is 92.1 cm³/mol. The molecule has 0 bridgehead atoms.